The first-order valence-electron chi connectivity index (χ1n) is 4.91. The molecule has 0 bridgehead atoms. The highest BCUT2D eigenvalue weighted by atomic mass is 19.2. The molecule has 0 spiro atoms. The number of carbonyl (C=O) groups is 2. The number of ether oxygens (including phenoxy) is 2. The van der Waals surface area contributed by atoms with Crippen LogP contribution in [0.1, 0.15) is 34.1 Å². The van der Waals surface area contributed by atoms with Crippen molar-refractivity contribution in [1.29, 1.82) is 0 Å². The largest absolute Gasteiger partial charge is 0.429 e. The van der Waals surface area contributed by atoms with Crippen LogP contribution in [0.4, 0.5) is 8.78 Å². The number of hydrogen-bond acceptors (Lipinski definition) is 4. The minimum atomic E-state index is -2.16. The summed E-state index contributed by atoms with van der Waals surface area (Å²) in [6.07, 6.45) is -0.553. The lowest BCUT2D eigenvalue weighted by atomic mass is 10.2. The van der Waals surface area contributed by atoms with Crippen molar-refractivity contribution < 1.29 is 27.8 Å². The molecule has 98 valence electrons. The molecular weight excluding hydrogens is 234 g/mol. The molecule has 0 aliphatic carbocycles. The Morgan fingerprint density at radius 3 is 1.82 bits per heavy atom. The minimum Gasteiger partial charge on any atom is -0.429 e. The second-order valence-electron chi connectivity index (χ2n) is 4.37. The van der Waals surface area contributed by atoms with Gasteiger partial charge in [0.2, 0.25) is 11.7 Å². The molecule has 17 heavy (non-hydrogen) atoms. The monoisotopic (exact) mass is 250 g/mol. The fraction of sp³-hybridized carbons (Fsp3) is 0.636. The summed E-state index contributed by atoms with van der Waals surface area (Å²) in [6, 6.07) is 0. The normalized spacial score (nSPS) is 11.9. The summed E-state index contributed by atoms with van der Waals surface area (Å²) in [6.45, 7) is 7.38. The third-order valence-electron chi connectivity index (χ3n) is 1.34. The third-order valence-corrected chi connectivity index (χ3v) is 1.34. The number of hydrogen-bond donors (Lipinski definition) is 0. The number of rotatable bonds is 5. The van der Waals surface area contributed by atoms with Crippen molar-refractivity contribution in [3.05, 3.63) is 12.2 Å². The van der Waals surface area contributed by atoms with E-state index in [9.17, 15) is 18.4 Å². The molecule has 0 unspecified atom stereocenters. The molecule has 0 atom stereocenters. The summed E-state index contributed by atoms with van der Waals surface area (Å²) < 4.78 is 34.5. The smallest absolute Gasteiger partial charge is 0.336 e. The van der Waals surface area contributed by atoms with E-state index in [0.717, 1.165) is 27.7 Å². The van der Waals surface area contributed by atoms with Gasteiger partial charge in [0.1, 0.15) is 0 Å². The fourth-order valence-corrected chi connectivity index (χ4v) is 0.846. The van der Waals surface area contributed by atoms with Crippen LogP contribution in [-0.2, 0) is 19.1 Å². The van der Waals surface area contributed by atoms with Gasteiger partial charge in [0, 0.05) is 33.3 Å². The predicted molar refractivity (Wildman–Crippen MR) is 56.3 cm³/mol. The van der Waals surface area contributed by atoms with Gasteiger partial charge in [-0.3, -0.25) is 4.79 Å². The first-order chi connectivity index (χ1) is 7.41. The van der Waals surface area contributed by atoms with Crippen LogP contribution in [0.15, 0.2) is 12.2 Å². The molecule has 0 aromatic carbocycles. The molecule has 0 radical (unpaired) electrons. The van der Waals surface area contributed by atoms with Crippen LogP contribution < -0.4 is 0 Å². The molecule has 0 amide bonds. The van der Waals surface area contributed by atoms with Crippen LogP contribution in [0.3, 0.4) is 0 Å². The van der Waals surface area contributed by atoms with E-state index < -0.39 is 30.1 Å². The van der Waals surface area contributed by atoms with Gasteiger partial charge in [0.25, 0.3) is 0 Å². The molecule has 0 aromatic rings. The predicted octanol–water partition coefficient (Wildman–Crippen LogP) is 2.43. The number of carbonyl (C=O) groups excluding carboxylic acids is 2. The van der Waals surface area contributed by atoms with E-state index in [1.54, 1.807) is 0 Å². The van der Waals surface area contributed by atoms with Crippen molar-refractivity contribution in [2.75, 3.05) is 0 Å². The Morgan fingerprint density at radius 1 is 1.06 bits per heavy atom. The summed E-state index contributed by atoms with van der Waals surface area (Å²) in [5.41, 5.74) is -0.301. The number of alkyl halides is 2. The van der Waals surface area contributed by atoms with Crippen molar-refractivity contribution in [2.45, 2.75) is 45.8 Å². The zero-order valence-corrected chi connectivity index (χ0v) is 10.3. The van der Waals surface area contributed by atoms with E-state index in [4.69, 9.17) is 0 Å². The third kappa shape index (κ3) is 8.36. The Morgan fingerprint density at radius 2 is 1.47 bits per heavy atom. The van der Waals surface area contributed by atoms with Crippen LogP contribution >= 0.6 is 0 Å². The van der Waals surface area contributed by atoms with E-state index in [-0.39, 0.29) is 5.57 Å². The molecule has 0 aliphatic heterocycles. The zero-order chi connectivity index (χ0) is 13.9. The van der Waals surface area contributed by atoms with Crippen LogP contribution in [0.5, 0.6) is 0 Å². The Hall–Kier alpha value is -1.46. The van der Waals surface area contributed by atoms with Gasteiger partial charge in [-0.15, -0.1) is 0 Å². The van der Waals surface area contributed by atoms with Gasteiger partial charge in [-0.1, -0.05) is 6.58 Å². The van der Waals surface area contributed by atoms with Crippen LogP contribution in [-0.4, -0.2) is 23.6 Å². The maximum atomic E-state index is 12.9. The molecule has 0 fully saturated rings. The average Bonchev–Trinajstić information content (AvgIpc) is 1.95. The SMILES string of the molecule is C=C(CC(=O)OC(C)(C)F)C(=O)OC(C)(C)F. The summed E-state index contributed by atoms with van der Waals surface area (Å²) in [7, 11) is 0. The Kier molecular flexibility index (Phi) is 4.80. The van der Waals surface area contributed by atoms with Gasteiger partial charge in [-0.2, -0.15) is 8.78 Å². The second kappa shape index (κ2) is 5.25. The topological polar surface area (TPSA) is 52.6 Å². The minimum absolute atomic E-state index is 0.301. The molecule has 0 heterocycles. The van der Waals surface area contributed by atoms with Crippen molar-refractivity contribution in [3.8, 4) is 0 Å². The summed E-state index contributed by atoms with van der Waals surface area (Å²) in [4.78, 5) is 22.3. The maximum absolute atomic E-state index is 12.9. The molecule has 0 N–H and O–H groups in total. The van der Waals surface area contributed by atoms with Gasteiger partial charge in [0.05, 0.1) is 6.42 Å². The van der Waals surface area contributed by atoms with Crippen molar-refractivity contribution in [2.24, 2.45) is 0 Å². The summed E-state index contributed by atoms with van der Waals surface area (Å²) >= 11 is 0. The molecule has 0 aromatic heterocycles. The van der Waals surface area contributed by atoms with Gasteiger partial charge in [-0.25, -0.2) is 4.79 Å². The van der Waals surface area contributed by atoms with Crippen molar-refractivity contribution in [1.82, 2.24) is 0 Å². The Bertz CT molecular complexity index is 323. The van der Waals surface area contributed by atoms with E-state index in [1.807, 2.05) is 0 Å². The van der Waals surface area contributed by atoms with Crippen LogP contribution in [0.2, 0.25) is 0 Å². The number of halogens is 2. The molecule has 0 rings (SSSR count). The Balaban J connectivity index is 4.28. The molecule has 0 saturated carbocycles. The standard InChI is InChI=1S/C11H16F2O4/c1-7(9(15)17-11(4,5)13)6-8(14)16-10(2,3)12/h1,6H2,2-5H3. The van der Waals surface area contributed by atoms with E-state index >= 15 is 0 Å². The quantitative estimate of drug-likeness (QED) is 0.555. The molecule has 6 heteroatoms. The first kappa shape index (κ1) is 15.5. The van der Waals surface area contributed by atoms with Gasteiger partial charge >= 0.3 is 11.9 Å². The highest BCUT2D eigenvalue weighted by Gasteiger charge is 2.26. The van der Waals surface area contributed by atoms with Gasteiger partial charge in [0.15, 0.2) is 0 Å². The van der Waals surface area contributed by atoms with Crippen molar-refractivity contribution >= 4 is 11.9 Å². The molecule has 0 saturated heterocycles. The van der Waals surface area contributed by atoms with E-state index in [0.29, 0.717) is 0 Å². The lowest BCUT2D eigenvalue weighted by molar-refractivity contribution is -0.176. The van der Waals surface area contributed by atoms with Gasteiger partial charge < -0.3 is 9.47 Å². The zero-order valence-electron chi connectivity index (χ0n) is 10.3. The average molecular weight is 250 g/mol. The lowest BCUT2D eigenvalue weighted by Gasteiger charge is -2.17. The van der Waals surface area contributed by atoms with Crippen LogP contribution in [0, 0.1) is 0 Å². The second-order valence-corrected chi connectivity index (χ2v) is 4.37. The van der Waals surface area contributed by atoms with E-state index in [2.05, 4.69) is 16.1 Å². The van der Waals surface area contributed by atoms with E-state index in [1.165, 1.54) is 0 Å². The van der Waals surface area contributed by atoms with Gasteiger partial charge in [-0.05, 0) is 0 Å². The summed E-state index contributed by atoms with van der Waals surface area (Å²) in [5.74, 6) is -6.34. The summed E-state index contributed by atoms with van der Waals surface area (Å²) in [5, 5.41) is 0. The molecule has 0 aliphatic rings. The van der Waals surface area contributed by atoms with Crippen LogP contribution in [0.25, 0.3) is 0 Å². The molecular formula is C11H16F2O4. The number of esters is 2. The Labute approximate surface area is 98.6 Å². The maximum Gasteiger partial charge on any atom is 0.336 e. The highest BCUT2D eigenvalue weighted by molar-refractivity contribution is 5.93. The van der Waals surface area contributed by atoms with Crippen molar-refractivity contribution in [3.63, 3.8) is 0 Å². The fourth-order valence-electron chi connectivity index (χ4n) is 0.846. The molecule has 4 nitrogen and oxygen atoms in total. The lowest BCUT2D eigenvalue weighted by Crippen LogP contribution is -2.26. The first-order valence-corrected chi connectivity index (χ1v) is 4.91. The highest BCUT2D eigenvalue weighted by Crippen LogP contribution is 2.16.